The van der Waals surface area contributed by atoms with E-state index in [4.69, 9.17) is 5.73 Å². The van der Waals surface area contributed by atoms with Crippen LogP contribution in [0.4, 0.5) is 0 Å². The second-order valence-electron chi connectivity index (χ2n) is 6.34. The van der Waals surface area contributed by atoms with Crippen molar-refractivity contribution >= 4 is 18.3 Å². The van der Waals surface area contributed by atoms with Crippen molar-refractivity contribution in [2.45, 2.75) is 58.4 Å². The molecule has 0 aliphatic carbocycles. The van der Waals surface area contributed by atoms with Gasteiger partial charge >= 0.3 is 0 Å². The van der Waals surface area contributed by atoms with Gasteiger partial charge in [0.1, 0.15) is 5.69 Å². The first kappa shape index (κ1) is 19.9. The summed E-state index contributed by atoms with van der Waals surface area (Å²) in [5.41, 5.74) is 7.16. The maximum absolute atomic E-state index is 12.3. The Hall–Kier alpha value is -1.07. The molecule has 1 amide bonds. The Morgan fingerprint density at radius 1 is 1.48 bits per heavy atom. The van der Waals surface area contributed by atoms with Crippen LogP contribution in [-0.4, -0.2) is 28.3 Å². The highest BCUT2D eigenvalue weighted by molar-refractivity contribution is 5.92. The van der Waals surface area contributed by atoms with E-state index in [1.165, 1.54) is 0 Å². The van der Waals surface area contributed by atoms with Crippen LogP contribution in [0.25, 0.3) is 0 Å². The maximum atomic E-state index is 12.3. The summed E-state index contributed by atoms with van der Waals surface area (Å²) in [5, 5.41) is 7.42. The molecule has 0 aliphatic heterocycles. The number of halogens is 1. The van der Waals surface area contributed by atoms with E-state index in [1.807, 2.05) is 6.07 Å². The van der Waals surface area contributed by atoms with E-state index in [9.17, 15) is 4.79 Å². The van der Waals surface area contributed by atoms with E-state index >= 15 is 0 Å². The normalized spacial score (nSPS) is 12.7. The van der Waals surface area contributed by atoms with E-state index in [-0.39, 0.29) is 29.8 Å². The number of carbonyl (C=O) groups excluding carboxylic acids is 1. The Morgan fingerprint density at radius 3 is 2.52 bits per heavy atom. The van der Waals surface area contributed by atoms with E-state index in [0.29, 0.717) is 12.2 Å². The lowest BCUT2D eigenvalue weighted by molar-refractivity contribution is 0.0926. The van der Waals surface area contributed by atoms with Crippen LogP contribution in [0.2, 0.25) is 0 Å². The van der Waals surface area contributed by atoms with Gasteiger partial charge in [-0.05, 0) is 12.5 Å². The zero-order valence-electron chi connectivity index (χ0n) is 13.8. The summed E-state index contributed by atoms with van der Waals surface area (Å²) in [6.07, 6.45) is 3.09. The monoisotopic (exact) mass is 316 g/mol. The van der Waals surface area contributed by atoms with Gasteiger partial charge in [0.25, 0.3) is 5.91 Å². The fraction of sp³-hybridized carbons (Fsp3) is 0.733. The maximum Gasteiger partial charge on any atom is 0.269 e. The third kappa shape index (κ3) is 5.67. The van der Waals surface area contributed by atoms with Crippen LogP contribution < -0.4 is 11.1 Å². The van der Waals surface area contributed by atoms with Crippen LogP contribution in [0, 0.1) is 0 Å². The summed E-state index contributed by atoms with van der Waals surface area (Å²) >= 11 is 0. The van der Waals surface area contributed by atoms with Crippen molar-refractivity contribution in [3.63, 3.8) is 0 Å². The number of nitrogens with one attached hydrogen (secondary N) is 1. The van der Waals surface area contributed by atoms with Gasteiger partial charge in [0.05, 0.1) is 5.69 Å². The molecule has 6 heteroatoms. The predicted octanol–water partition coefficient (Wildman–Crippen LogP) is 2.39. The lowest BCUT2D eigenvalue weighted by atomic mass is 9.92. The molecule has 0 bridgehead atoms. The molecule has 1 unspecified atom stereocenters. The topological polar surface area (TPSA) is 72.9 Å². The second-order valence-corrected chi connectivity index (χ2v) is 6.34. The molecule has 21 heavy (non-hydrogen) atoms. The first-order chi connectivity index (χ1) is 9.29. The third-order valence-electron chi connectivity index (χ3n) is 3.41. The number of hydrogen-bond acceptors (Lipinski definition) is 3. The first-order valence-electron chi connectivity index (χ1n) is 7.35. The third-order valence-corrected chi connectivity index (χ3v) is 3.41. The van der Waals surface area contributed by atoms with Gasteiger partial charge in [-0.3, -0.25) is 9.48 Å². The SMILES string of the molecule is CCCCC(CN)NC(=O)c1cc(C(C)(C)C)nn1C.Cl. The highest BCUT2D eigenvalue weighted by atomic mass is 35.5. The Bertz CT molecular complexity index is 451. The quantitative estimate of drug-likeness (QED) is 0.846. The molecule has 1 rings (SSSR count). The molecule has 1 aromatic heterocycles. The lowest BCUT2D eigenvalue weighted by Crippen LogP contribution is -2.40. The average molecular weight is 317 g/mol. The van der Waals surface area contributed by atoms with Gasteiger partial charge in [0, 0.05) is 25.0 Å². The van der Waals surface area contributed by atoms with E-state index in [0.717, 1.165) is 25.0 Å². The molecule has 0 saturated heterocycles. The molecule has 0 aromatic carbocycles. The standard InChI is InChI=1S/C15H28N4O.ClH/c1-6-7-8-11(10-16)17-14(20)12-9-13(15(2,3)4)18-19(12)5;/h9,11H,6-8,10,16H2,1-5H3,(H,17,20);1H. The zero-order chi connectivity index (χ0) is 15.3. The van der Waals surface area contributed by atoms with Gasteiger partial charge in [0.15, 0.2) is 0 Å². The number of aryl methyl sites for hydroxylation is 1. The van der Waals surface area contributed by atoms with E-state index in [2.05, 4.69) is 38.1 Å². The van der Waals surface area contributed by atoms with Gasteiger partial charge in [0.2, 0.25) is 0 Å². The molecule has 1 heterocycles. The molecule has 0 aliphatic rings. The number of amides is 1. The number of carbonyl (C=O) groups is 1. The van der Waals surface area contributed by atoms with Gasteiger partial charge in [-0.15, -0.1) is 12.4 Å². The lowest BCUT2D eigenvalue weighted by Gasteiger charge is -2.16. The Morgan fingerprint density at radius 2 is 2.10 bits per heavy atom. The molecular formula is C15H29ClN4O. The molecule has 1 aromatic rings. The summed E-state index contributed by atoms with van der Waals surface area (Å²) < 4.78 is 1.64. The highest BCUT2D eigenvalue weighted by Crippen LogP contribution is 2.21. The van der Waals surface area contributed by atoms with Gasteiger partial charge < -0.3 is 11.1 Å². The van der Waals surface area contributed by atoms with Crippen LogP contribution in [0.15, 0.2) is 6.07 Å². The van der Waals surface area contributed by atoms with Gasteiger partial charge in [-0.25, -0.2) is 0 Å². The van der Waals surface area contributed by atoms with Crippen LogP contribution >= 0.6 is 12.4 Å². The van der Waals surface area contributed by atoms with Crippen LogP contribution in [0.5, 0.6) is 0 Å². The minimum Gasteiger partial charge on any atom is -0.347 e. The number of aromatic nitrogens is 2. The molecule has 3 N–H and O–H groups in total. The first-order valence-corrected chi connectivity index (χ1v) is 7.35. The van der Waals surface area contributed by atoms with Crippen LogP contribution in [-0.2, 0) is 12.5 Å². The molecule has 0 fully saturated rings. The van der Waals surface area contributed by atoms with Crippen molar-refractivity contribution in [2.75, 3.05) is 6.54 Å². The summed E-state index contributed by atoms with van der Waals surface area (Å²) in [4.78, 5) is 12.3. The zero-order valence-corrected chi connectivity index (χ0v) is 14.6. The molecule has 0 saturated carbocycles. The minimum atomic E-state index is -0.0953. The van der Waals surface area contributed by atoms with E-state index in [1.54, 1.807) is 11.7 Å². The van der Waals surface area contributed by atoms with Crippen molar-refractivity contribution in [3.8, 4) is 0 Å². The fourth-order valence-corrected chi connectivity index (χ4v) is 2.01. The number of rotatable bonds is 6. The largest absolute Gasteiger partial charge is 0.347 e. The molecule has 1 atom stereocenters. The van der Waals surface area contributed by atoms with Gasteiger partial charge in [-0.1, -0.05) is 40.5 Å². The van der Waals surface area contributed by atoms with Crippen molar-refractivity contribution in [3.05, 3.63) is 17.5 Å². The number of unbranched alkanes of at least 4 members (excludes halogenated alkanes) is 1. The average Bonchev–Trinajstić information content (AvgIpc) is 2.76. The van der Waals surface area contributed by atoms with E-state index < -0.39 is 0 Å². The Kier molecular flexibility index (Phi) is 7.96. The van der Waals surface area contributed by atoms with Gasteiger partial charge in [-0.2, -0.15) is 5.10 Å². The molecule has 0 radical (unpaired) electrons. The number of nitrogens with zero attached hydrogens (tertiary/aromatic N) is 2. The van der Waals surface area contributed by atoms with Crippen molar-refractivity contribution in [1.29, 1.82) is 0 Å². The molecule has 0 spiro atoms. The summed E-state index contributed by atoms with van der Waals surface area (Å²) in [6, 6.07) is 1.90. The molecular weight excluding hydrogens is 288 g/mol. The molecule has 5 nitrogen and oxygen atoms in total. The Labute approximate surface area is 134 Å². The minimum absolute atomic E-state index is 0. The molecule has 122 valence electrons. The van der Waals surface area contributed by atoms with Crippen molar-refractivity contribution in [2.24, 2.45) is 12.8 Å². The van der Waals surface area contributed by atoms with Crippen molar-refractivity contribution in [1.82, 2.24) is 15.1 Å². The smallest absolute Gasteiger partial charge is 0.269 e. The fourth-order valence-electron chi connectivity index (χ4n) is 2.01. The second kappa shape index (κ2) is 8.39. The van der Waals surface area contributed by atoms with Crippen LogP contribution in [0.1, 0.15) is 63.1 Å². The Balaban J connectivity index is 0.00000400. The number of nitrogens with two attached hydrogens (primary N) is 1. The van der Waals surface area contributed by atoms with Crippen molar-refractivity contribution < 1.29 is 4.79 Å². The summed E-state index contributed by atoms with van der Waals surface area (Å²) in [7, 11) is 1.80. The number of hydrogen-bond donors (Lipinski definition) is 2. The van der Waals surface area contributed by atoms with Crippen LogP contribution in [0.3, 0.4) is 0 Å². The highest BCUT2D eigenvalue weighted by Gasteiger charge is 2.22. The summed E-state index contributed by atoms with van der Waals surface area (Å²) in [5.74, 6) is -0.0953. The summed E-state index contributed by atoms with van der Waals surface area (Å²) in [6.45, 7) is 8.85. The predicted molar refractivity (Wildman–Crippen MR) is 89.0 cm³/mol.